The molecule has 0 radical (unpaired) electrons. The van der Waals surface area contributed by atoms with Crippen LogP contribution in [0.4, 0.5) is 0 Å². The molecule has 2 fully saturated rings. The van der Waals surface area contributed by atoms with Gasteiger partial charge in [-0.1, -0.05) is 19.3 Å². The van der Waals surface area contributed by atoms with Gasteiger partial charge >= 0.3 is 0 Å². The molecule has 98 valence electrons. The van der Waals surface area contributed by atoms with Gasteiger partial charge in [0.15, 0.2) is 0 Å². The van der Waals surface area contributed by atoms with E-state index in [0.29, 0.717) is 32.1 Å². The molecule has 1 aliphatic carbocycles. The van der Waals surface area contributed by atoms with Crippen LogP contribution in [0.1, 0.15) is 38.5 Å². The maximum Gasteiger partial charge on any atom is 0.223 e. The molecule has 0 spiro atoms. The summed E-state index contributed by atoms with van der Waals surface area (Å²) in [6, 6.07) is -0.125. The minimum absolute atomic E-state index is 0.0103. The Morgan fingerprint density at radius 2 is 2.06 bits per heavy atom. The molecule has 4 heteroatoms. The average molecular weight is 241 g/mol. The average Bonchev–Trinajstić information content (AvgIpc) is 2.40. The number of aliphatic hydroxyl groups is 1. The summed E-state index contributed by atoms with van der Waals surface area (Å²) in [4.78, 5) is 14.0. The number of rotatable bonds is 3. The molecule has 0 aromatic heterocycles. The molecule has 0 aromatic carbocycles. The SMILES string of the molecule is O=C(CC1CCCCC1)N1CCOC[C@H]1CO. The quantitative estimate of drug-likeness (QED) is 0.807. The molecule has 0 aromatic rings. The molecule has 1 atom stereocenters. The lowest BCUT2D eigenvalue weighted by molar-refractivity contribution is -0.142. The van der Waals surface area contributed by atoms with Crippen molar-refractivity contribution in [2.45, 2.75) is 44.6 Å². The van der Waals surface area contributed by atoms with Crippen molar-refractivity contribution < 1.29 is 14.6 Å². The Kier molecular flexibility index (Phi) is 4.80. The Morgan fingerprint density at radius 3 is 2.76 bits per heavy atom. The molecule has 0 bridgehead atoms. The van der Waals surface area contributed by atoms with Crippen LogP contribution in [0.15, 0.2) is 0 Å². The van der Waals surface area contributed by atoms with Gasteiger partial charge in [0.05, 0.1) is 25.9 Å². The summed E-state index contributed by atoms with van der Waals surface area (Å²) in [6.07, 6.45) is 6.91. The van der Waals surface area contributed by atoms with Crippen LogP contribution in [-0.4, -0.2) is 48.3 Å². The molecular formula is C13H23NO3. The zero-order valence-corrected chi connectivity index (χ0v) is 10.4. The van der Waals surface area contributed by atoms with Crippen LogP contribution in [0.2, 0.25) is 0 Å². The van der Waals surface area contributed by atoms with Gasteiger partial charge in [0, 0.05) is 13.0 Å². The van der Waals surface area contributed by atoms with Gasteiger partial charge in [-0.05, 0) is 18.8 Å². The molecule has 17 heavy (non-hydrogen) atoms. The van der Waals surface area contributed by atoms with E-state index in [0.717, 1.165) is 0 Å². The molecule has 2 rings (SSSR count). The van der Waals surface area contributed by atoms with E-state index in [9.17, 15) is 9.90 Å². The topological polar surface area (TPSA) is 49.8 Å². The second kappa shape index (κ2) is 6.36. The summed E-state index contributed by atoms with van der Waals surface area (Å²) in [5.74, 6) is 0.776. The maximum atomic E-state index is 12.2. The number of morpholine rings is 1. The minimum Gasteiger partial charge on any atom is -0.394 e. The number of aliphatic hydroxyl groups excluding tert-OH is 1. The van der Waals surface area contributed by atoms with E-state index in [-0.39, 0.29) is 18.6 Å². The molecule has 0 unspecified atom stereocenters. The third kappa shape index (κ3) is 3.42. The van der Waals surface area contributed by atoms with Crippen molar-refractivity contribution in [1.29, 1.82) is 0 Å². The molecule has 1 saturated heterocycles. The fraction of sp³-hybridized carbons (Fsp3) is 0.923. The first-order valence-corrected chi connectivity index (χ1v) is 6.79. The third-order valence-corrected chi connectivity index (χ3v) is 3.95. The van der Waals surface area contributed by atoms with Crippen molar-refractivity contribution in [2.24, 2.45) is 5.92 Å². The lowest BCUT2D eigenvalue weighted by Gasteiger charge is -2.35. The van der Waals surface area contributed by atoms with Gasteiger partial charge in [0.1, 0.15) is 0 Å². The number of ether oxygens (including phenoxy) is 1. The van der Waals surface area contributed by atoms with Crippen molar-refractivity contribution in [3.63, 3.8) is 0 Å². The standard InChI is InChI=1S/C13H23NO3/c15-9-12-10-17-7-6-14(12)13(16)8-11-4-2-1-3-5-11/h11-12,15H,1-10H2/t12-/m1/s1. The van der Waals surface area contributed by atoms with E-state index in [1.807, 2.05) is 4.90 Å². The summed E-state index contributed by atoms with van der Waals surface area (Å²) in [7, 11) is 0. The fourth-order valence-electron chi connectivity index (χ4n) is 2.89. The maximum absolute atomic E-state index is 12.2. The van der Waals surface area contributed by atoms with Crippen molar-refractivity contribution in [3.8, 4) is 0 Å². The van der Waals surface area contributed by atoms with Gasteiger partial charge in [-0.15, -0.1) is 0 Å². The Labute approximate surface area is 103 Å². The summed E-state index contributed by atoms with van der Waals surface area (Å²) in [5, 5.41) is 9.24. The number of hydrogen-bond donors (Lipinski definition) is 1. The van der Waals surface area contributed by atoms with E-state index >= 15 is 0 Å². The van der Waals surface area contributed by atoms with Crippen LogP contribution in [0.3, 0.4) is 0 Å². The highest BCUT2D eigenvalue weighted by Crippen LogP contribution is 2.27. The summed E-state index contributed by atoms with van der Waals surface area (Å²) >= 11 is 0. The molecule has 1 heterocycles. The van der Waals surface area contributed by atoms with Crippen LogP contribution in [0.25, 0.3) is 0 Å². The second-order valence-corrected chi connectivity index (χ2v) is 5.21. The summed E-state index contributed by atoms with van der Waals surface area (Å²) < 4.78 is 5.29. The van der Waals surface area contributed by atoms with Crippen LogP contribution in [0.5, 0.6) is 0 Å². The predicted octanol–water partition coefficient (Wildman–Crippen LogP) is 1.18. The zero-order valence-electron chi connectivity index (χ0n) is 10.4. The summed E-state index contributed by atoms with van der Waals surface area (Å²) in [5.41, 5.74) is 0. The van der Waals surface area contributed by atoms with Gasteiger partial charge in [-0.3, -0.25) is 4.79 Å². The van der Waals surface area contributed by atoms with Crippen LogP contribution < -0.4 is 0 Å². The van der Waals surface area contributed by atoms with E-state index in [4.69, 9.17) is 4.74 Å². The monoisotopic (exact) mass is 241 g/mol. The normalized spacial score (nSPS) is 27.1. The molecule has 1 saturated carbocycles. The van der Waals surface area contributed by atoms with Gasteiger partial charge in [0.2, 0.25) is 5.91 Å². The van der Waals surface area contributed by atoms with Crippen LogP contribution in [-0.2, 0) is 9.53 Å². The summed E-state index contributed by atoms with van der Waals surface area (Å²) in [6.45, 7) is 1.73. The highest BCUT2D eigenvalue weighted by Gasteiger charge is 2.28. The first kappa shape index (κ1) is 12.8. The number of hydrogen-bond acceptors (Lipinski definition) is 3. The van der Waals surface area contributed by atoms with E-state index in [1.165, 1.54) is 32.1 Å². The van der Waals surface area contributed by atoms with E-state index in [1.54, 1.807) is 0 Å². The lowest BCUT2D eigenvalue weighted by atomic mass is 9.86. The molecule has 1 amide bonds. The third-order valence-electron chi connectivity index (χ3n) is 3.95. The van der Waals surface area contributed by atoms with Crippen molar-refractivity contribution in [3.05, 3.63) is 0 Å². The van der Waals surface area contributed by atoms with Gasteiger partial charge in [0.25, 0.3) is 0 Å². The zero-order chi connectivity index (χ0) is 12.1. The van der Waals surface area contributed by atoms with Crippen LogP contribution >= 0.6 is 0 Å². The molecule has 4 nitrogen and oxygen atoms in total. The Balaban J connectivity index is 1.84. The van der Waals surface area contributed by atoms with Crippen LogP contribution in [0, 0.1) is 5.92 Å². The highest BCUT2D eigenvalue weighted by molar-refractivity contribution is 5.77. The number of carbonyl (C=O) groups is 1. The van der Waals surface area contributed by atoms with Gasteiger partial charge in [-0.25, -0.2) is 0 Å². The second-order valence-electron chi connectivity index (χ2n) is 5.21. The highest BCUT2D eigenvalue weighted by atomic mass is 16.5. The van der Waals surface area contributed by atoms with E-state index in [2.05, 4.69) is 0 Å². The predicted molar refractivity (Wildman–Crippen MR) is 64.6 cm³/mol. The van der Waals surface area contributed by atoms with Gasteiger partial charge in [-0.2, -0.15) is 0 Å². The molecule has 1 N–H and O–H groups in total. The molecule has 1 aliphatic heterocycles. The lowest BCUT2D eigenvalue weighted by Crippen LogP contribution is -2.50. The van der Waals surface area contributed by atoms with Crippen molar-refractivity contribution in [2.75, 3.05) is 26.4 Å². The first-order chi connectivity index (χ1) is 8.31. The number of amides is 1. The van der Waals surface area contributed by atoms with Crippen molar-refractivity contribution in [1.82, 2.24) is 4.90 Å². The Bertz CT molecular complexity index is 251. The largest absolute Gasteiger partial charge is 0.394 e. The fourth-order valence-corrected chi connectivity index (χ4v) is 2.89. The van der Waals surface area contributed by atoms with E-state index < -0.39 is 0 Å². The number of carbonyl (C=O) groups excluding carboxylic acids is 1. The smallest absolute Gasteiger partial charge is 0.223 e. The van der Waals surface area contributed by atoms with Crippen molar-refractivity contribution >= 4 is 5.91 Å². The minimum atomic E-state index is -0.125. The Morgan fingerprint density at radius 1 is 1.29 bits per heavy atom. The Hall–Kier alpha value is -0.610. The van der Waals surface area contributed by atoms with Gasteiger partial charge < -0.3 is 14.7 Å². The molecular weight excluding hydrogens is 218 g/mol. The number of nitrogens with zero attached hydrogens (tertiary/aromatic N) is 1. The first-order valence-electron chi connectivity index (χ1n) is 6.79. The molecule has 2 aliphatic rings.